The van der Waals surface area contributed by atoms with Gasteiger partial charge in [0.2, 0.25) is 10.0 Å². The molecule has 0 saturated carbocycles. The lowest BCUT2D eigenvalue weighted by Gasteiger charge is -2.26. The van der Waals surface area contributed by atoms with Crippen molar-refractivity contribution in [3.05, 3.63) is 35.4 Å². The maximum atomic E-state index is 13.8. The van der Waals surface area contributed by atoms with Gasteiger partial charge in [0.15, 0.2) is 0 Å². The van der Waals surface area contributed by atoms with Gasteiger partial charge in [0.05, 0.1) is 18.8 Å². The number of rotatable bonds is 6. The smallest absolute Gasteiger partial charge is 0.309 e. The van der Waals surface area contributed by atoms with Crippen LogP contribution in [-0.2, 0) is 19.6 Å². The summed E-state index contributed by atoms with van der Waals surface area (Å²) in [7, 11) is -1.42. The van der Waals surface area contributed by atoms with Crippen LogP contribution in [0.3, 0.4) is 0 Å². The van der Waals surface area contributed by atoms with Gasteiger partial charge in [-0.1, -0.05) is 6.92 Å². The Bertz CT molecular complexity index is 648. The quantitative estimate of drug-likeness (QED) is 0.747. The Morgan fingerprint density at radius 1 is 1.32 bits per heavy atom. The van der Waals surface area contributed by atoms with Crippen LogP contribution in [0.2, 0.25) is 0 Å². The number of benzene rings is 1. The van der Waals surface area contributed by atoms with E-state index < -0.39 is 45.3 Å². The Kier molecular flexibility index (Phi) is 6.01. The molecule has 0 saturated heterocycles. The van der Waals surface area contributed by atoms with Crippen molar-refractivity contribution < 1.29 is 26.7 Å². The van der Waals surface area contributed by atoms with Crippen LogP contribution in [0.15, 0.2) is 18.2 Å². The molecule has 1 aromatic rings. The van der Waals surface area contributed by atoms with E-state index in [-0.39, 0.29) is 5.56 Å². The second kappa shape index (κ2) is 7.15. The van der Waals surface area contributed by atoms with Gasteiger partial charge >= 0.3 is 5.97 Å². The fourth-order valence-electron chi connectivity index (χ4n) is 1.97. The lowest BCUT2D eigenvalue weighted by Crippen LogP contribution is -2.36. The third kappa shape index (κ3) is 4.23. The minimum absolute atomic E-state index is 0.0724. The summed E-state index contributed by atoms with van der Waals surface area (Å²) in [6, 6.07) is 1.94. The predicted octanol–water partition coefficient (Wildman–Crippen LogP) is 2.10. The van der Waals surface area contributed by atoms with Crippen LogP contribution >= 0.6 is 0 Å². The van der Waals surface area contributed by atoms with Gasteiger partial charge in [-0.2, -0.15) is 4.31 Å². The maximum Gasteiger partial charge on any atom is 0.309 e. The van der Waals surface area contributed by atoms with Gasteiger partial charge in [-0.25, -0.2) is 17.2 Å². The van der Waals surface area contributed by atoms with Crippen molar-refractivity contribution in [2.75, 3.05) is 19.9 Å². The van der Waals surface area contributed by atoms with E-state index >= 15 is 0 Å². The summed E-state index contributed by atoms with van der Waals surface area (Å²) in [4.78, 5) is 11.3. The van der Waals surface area contributed by atoms with Crippen LogP contribution < -0.4 is 0 Å². The minimum atomic E-state index is -3.85. The van der Waals surface area contributed by atoms with E-state index in [9.17, 15) is 22.0 Å². The van der Waals surface area contributed by atoms with E-state index in [1.807, 2.05) is 0 Å². The van der Waals surface area contributed by atoms with Crippen LogP contribution in [0.5, 0.6) is 0 Å². The Morgan fingerprint density at radius 2 is 1.91 bits per heavy atom. The van der Waals surface area contributed by atoms with Crippen LogP contribution in [0.4, 0.5) is 8.78 Å². The molecule has 22 heavy (non-hydrogen) atoms. The number of methoxy groups -OCH3 is 1. The normalized spacial score (nSPS) is 14.7. The molecule has 0 N–H and O–H groups in total. The monoisotopic (exact) mass is 335 g/mol. The fraction of sp³-hybridized carbons (Fsp3) is 0.500. The molecule has 2 unspecified atom stereocenters. The Balaban J connectivity index is 3.00. The summed E-state index contributed by atoms with van der Waals surface area (Å²) in [6.07, 6.45) is 0. The second-order valence-corrected chi connectivity index (χ2v) is 7.13. The van der Waals surface area contributed by atoms with Crippen molar-refractivity contribution in [2.45, 2.75) is 19.9 Å². The summed E-state index contributed by atoms with van der Waals surface area (Å²) in [5.41, 5.74) is -0.0724. The SMILES string of the molecule is COC(=O)C(C)CS(=O)(=O)N(C)C(C)c1cc(F)ccc1F. The number of carbonyl (C=O) groups is 1. The number of hydrogen-bond donors (Lipinski definition) is 0. The number of ether oxygens (including phenoxy) is 1. The number of nitrogens with zero attached hydrogens (tertiary/aromatic N) is 1. The molecule has 0 bridgehead atoms. The number of sulfonamides is 1. The molecule has 0 aliphatic heterocycles. The molecule has 2 atom stereocenters. The summed E-state index contributed by atoms with van der Waals surface area (Å²) in [5, 5.41) is 0. The van der Waals surface area contributed by atoms with Crippen molar-refractivity contribution >= 4 is 16.0 Å². The molecule has 8 heteroatoms. The summed E-state index contributed by atoms with van der Waals surface area (Å²) in [5.74, 6) is -3.34. The first-order valence-corrected chi connectivity index (χ1v) is 8.19. The van der Waals surface area contributed by atoms with Gasteiger partial charge < -0.3 is 4.74 Å². The molecule has 0 radical (unpaired) electrons. The fourth-order valence-corrected chi connectivity index (χ4v) is 3.57. The van der Waals surface area contributed by atoms with E-state index in [0.717, 1.165) is 22.5 Å². The van der Waals surface area contributed by atoms with Crippen molar-refractivity contribution in [2.24, 2.45) is 5.92 Å². The molecule has 0 aliphatic rings. The van der Waals surface area contributed by atoms with E-state index in [1.54, 1.807) is 0 Å². The lowest BCUT2D eigenvalue weighted by molar-refractivity contribution is -0.144. The van der Waals surface area contributed by atoms with Crippen LogP contribution in [-0.4, -0.2) is 38.6 Å². The van der Waals surface area contributed by atoms with Crippen molar-refractivity contribution in [1.82, 2.24) is 4.31 Å². The van der Waals surface area contributed by atoms with Gasteiger partial charge in [-0.3, -0.25) is 4.79 Å². The first-order valence-electron chi connectivity index (χ1n) is 6.58. The third-order valence-electron chi connectivity index (χ3n) is 3.46. The molecule has 0 fully saturated rings. The number of halogens is 2. The van der Waals surface area contributed by atoms with E-state index in [1.165, 1.54) is 28.0 Å². The average molecular weight is 335 g/mol. The van der Waals surface area contributed by atoms with Gasteiger partial charge in [0.1, 0.15) is 11.6 Å². The molecular formula is C14H19F2NO4S. The average Bonchev–Trinajstić information content (AvgIpc) is 2.46. The molecule has 0 heterocycles. The topological polar surface area (TPSA) is 63.7 Å². The van der Waals surface area contributed by atoms with Gasteiger partial charge in [-0.05, 0) is 25.1 Å². The zero-order valence-electron chi connectivity index (χ0n) is 12.8. The molecule has 0 aliphatic carbocycles. The van der Waals surface area contributed by atoms with Crippen LogP contribution in [0, 0.1) is 17.6 Å². The second-order valence-electron chi connectivity index (χ2n) is 5.06. The summed E-state index contributed by atoms with van der Waals surface area (Å²) in [6.45, 7) is 2.86. The standard InChI is InChI=1S/C14H19F2NO4S/c1-9(14(18)21-4)8-22(19,20)17(3)10(2)12-7-11(15)5-6-13(12)16/h5-7,9-10H,8H2,1-4H3. The highest BCUT2D eigenvalue weighted by molar-refractivity contribution is 7.89. The van der Waals surface area contributed by atoms with Crippen molar-refractivity contribution in [1.29, 1.82) is 0 Å². The molecule has 0 spiro atoms. The molecular weight excluding hydrogens is 316 g/mol. The first-order chi connectivity index (χ1) is 10.1. The molecule has 1 rings (SSSR count). The lowest BCUT2D eigenvalue weighted by atomic mass is 10.1. The molecule has 0 aromatic heterocycles. The van der Waals surface area contributed by atoms with Gasteiger partial charge in [0.25, 0.3) is 0 Å². The van der Waals surface area contributed by atoms with E-state index in [0.29, 0.717) is 0 Å². The van der Waals surface area contributed by atoms with E-state index in [4.69, 9.17) is 0 Å². The van der Waals surface area contributed by atoms with Crippen molar-refractivity contribution in [3.63, 3.8) is 0 Å². The van der Waals surface area contributed by atoms with Gasteiger partial charge in [-0.15, -0.1) is 0 Å². The molecule has 124 valence electrons. The molecule has 1 aromatic carbocycles. The highest BCUT2D eigenvalue weighted by Gasteiger charge is 2.30. The number of esters is 1. The highest BCUT2D eigenvalue weighted by atomic mass is 32.2. The first kappa shape index (κ1) is 18.5. The molecule has 5 nitrogen and oxygen atoms in total. The Labute approximate surface area is 128 Å². The molecule has 0 amide bonds. The van der Waals surface area contributed by atoms with Crippen LogP contribution in [0.1, 0.15) is 25.5 Å². The Morgan fingerprint density at radius 3 is 2.45 bits per heavy atom. The summed E-state index contributed by atoms with van der Waals surface area (Å²) >= 11 is 0. The highest BCUT2D eigenvalue weighted by Crippen LogP contribution is 2.25. The van der Waals surface area contributed by atoms with Gasteiger partial charge in [0, 0.05) is 18.7 Å². The Hall–Kier alpha value is -1.54. The number of hydrogen-bond acceptors (Lipinski definition) is 4. The summed E-state index contributed by atoms with van der Waals surface area (Å²) < 4.78 is 56.9. The predicted molar refractivity (Wildman–Crippen MR) is 77.5 cm³/mol. The maximum absolute atomic E-state index is 13.8. The zero-order valence-corrected chi connectivity index (χ0v) is 13.7. The van der Waals surface area contributed by atoms with Crippen molar-refractivity contribution in [3.8, 4) is 0 Å². The number of carbonyl (C=O) groups excluding carboxylic acids is 1. The third-order valence-corrected chi connectivity index (χ3v) is 5.57. The van der Waals surface area contributed by atoms with E-state index in [2.05, 4.69) is 4.74 Å². The minimum Gasteiger partial charge on any atom is -0.469 e. The largest absolute Gasteiger partial charge is 0.469 e. The van der Waals surface area contributed by atoms with Crippen LogP contribution in [0.25, 0.3) is 0 Å². The zero-order chi connectivity index (χ0) is 17.1.